The Morgan fingerprint density at radius 2 is 1.10 bits per heavy atom. The van der Waals surface area contributed by atoms with Gasteiger partial charge in [0.1, 0.15) is 5.75 Å². The smallest absolute Gasteiger partial charge is 0.116 e. The predicted molar refractivity (Wildman–Crippen MR) is 86.7 cm³/mol. The number of hydrogen-bond acceptors (Lipinski definition) is 1. The van der Waals surface area contributed by atoms with E-state index >= 15 is 0 Å². The molecule has 0 aliphatic rings. The van der Waals surface area contributed by atoms with Crippen molar-refractivity contribution in [2.75, 3.05) is 0 Å². The first kappa shape index (κ1) is 12.9. The van der Waals surface area contributed by atoms with Gasteiger partial charge in [0.25, 0.3) is 0 Å². The van der Waals surface area contributed by atoms with Gasteiger partial charge < -0.3 is 5.11 Å². The molecule has 3 rings (SSSR count). The lowest BCUT2D eigenvalue weighted by molar-refractivity contribution is 0.475. The molecule has 0 fully saturated rings. The predicted octanol–water partition coefficient (Wildman–Crippen LogP) is 5.49. The van der Waals surface area contributed by atoms with Crippen molar-refractivity contribution in [1.82, 2.24) is 0 Å². The average molecular weight is 325 g/mol. The van der Waals surface area contributed by atoms with Crippen molar-refractivity contribution in [2.24, 2.45) is 0 Å². The molecule has 0 aliphatic carbocycles. The zero-order chi connectivity index (χ0) is 13.9. The fraction of sp³-hybridized carbons (Fsp3) is 0. The van der Waals surface area contributed by atoms with Crippen LogP contribution >= 0.6 is 15.9 Å². The van der Waals surface area contributed by atoms with Crippen molar-refractivity contribution in [1.29, 1.82) is 0 Å². The second kappa shape index (κ2) is 5.51. The molecule has 20 heavy (non-hydrogen) atoms. The third-order valence-electron chi connectivity index (χ3n) is 3.24. The first-order valence-corrected chi connectivity index (χ1v) is 7.17. The van der Waals surface area contributed by atoms with E-state index in [1.807, 2.05) is 24.3 Å². The molecular formula is C18H13BrO. The van der Waals surface area contributed by atoms with E-state index in [9.17, 15) is 5.11 Å². The lowest BCUT2D eigenvalue weighted by atomic mass is 10.0. The summed E-state index contributed by atoms with van der Waals surface area (Å²) in [5.41, 5.74) is 4.49. The number of rotatable bonds is 2. The SMILES string of the molecule is Oc1cccc(-c2ccc(-c3ccc(Br)cc3)cc2)c1. The van der Waals surface area contributed by atoms with Crippen molar-refractivity contribution >= 4 is 15.9 Å². The van der Waals surface area contributed by atoms with Crippen LogP contribution in [0.1, 0.15) is 0 Å². The number of halogens is 1. The summed E-state index contributed by atoms with van der Waals surface area (Å²) in [5.74, 6) is 0.291. The minimum Gasteiger partial charge on any atom is -0.508 e. The molecule has 0 atom stereocenters. The molecule has 1 nitrogen and oxygen atoms in total. The summed E-state index contributed by atoms with van der Waals surface area (Å²) < 4.78 is 1.08. The quantitative estimate of drug-likeness (QED) is 0.661. The highest BCUT2D eigenvalue weighted by Crippen LogP contribution is 2.27. The standard InChI is InChI=1S/C18H13BrO/c19-17-10-8-14(9-11-17)13-4-6-15(7-5-13)16-2-1-3-18(20)12-16/h1-12,20H. The topological polar surface area (TPSA) is 20.2 Å². The van der Waals surface area contributed by atoms with Crippen molar-refractivity contribution in [3.05, 3.63) is 77.3 Å². The maximum Gasteiger partial charge on any atom is 0.116 e. The second-order valence-electron chi connectivity index (χ2n) is 4.63. The van der Waals surface area contributed by atoms with Gasteiger partial charge in [-0.3, -0.25) is 0 Å². The van der Waals surface area contributed by atoms with Crippen molar-refractivity contribution in [3.8, 4) is 28.0 Å². The lowest BCUT2D eigenvalue weighted by Gasteiger charge is -2.05. The molecule has 0 spiro atoms. The Hall–Kier alpha value is -2.06. The van der Waals surface area contributed by atoms with Gasteiger partial charge in [-0.2, -0.15) is 0 Å². The van der Waals surface area contributed by atoms with Crippen LogP contribution in [0.3, 0.4) is 0 Å². The number of phenolic OH excluding ortho intramolecular Hbond substituents is 1. The van der Waals surface area contributed by atoms with Gasteiger partial charge in [0.05, 0.1) is 0 Å². The Bertz CT molecular complexity index is 715. The van der Waals surface area contributed by atoms with Crippen LogP contribution in [-0.2, 0) is 0 Å². The molecule has 0 radical (unpaired) electrons. The van der Waals surface area contributed by atoms with Gasteiger partial charge in [-0.15, -0.1) is 0 Å². The van der Waals surface area contributed by atoms with E-state index in [1.165, 1.54) is 11.1 Å². The molecule has 0 aromatic heterocycles. The molecule has 3 aromatic rings. The minimum atomic E-state index is 0.291. The third-order valence-corrected chi connectivity index (χ3v) is 3.77. The molecule has 3 aromatic carbocycles. The molecule has 0 saturated heterocycles. The maximum absolute atomic E-state index is 9.53. The lowest BCUT2D eigenvalue weighted by Crippen LogP contribution is -1.80. The van der Waals surface area contributed by atoms with Crippen LogP contribution in [0, 0.1) is 0 Å². The largest absolute Gasteiger partial charge is 0.508 e. The molecule has 98 valence electrons. The fourth-order valence-electron chi connectivity index (χ4n) is 2.18. The summed E-state index contributed by atoms with van der Waals surface area (Å²) in [5, 5.41) is 9.53. The highest BCUT2D eigenvalue weighted by molar-refractivity contribution is 9.10. The molecule has 2 heteroatoms. The van der Waals surface area contributed by atoms with Crippen molar-refractivity contribution in [2.45, 2.75) is 0 Å². The molecule has 0 saturated carbocycles. The van der Waals surface area contributed by atoms with Crippen LogP contribution in [0.5, 0.6) is 5.75 Å². The van der Waals surface area contributed by atoms with E-state index in [4.69, 9.17) is 0 Å². The molecule has 0 bridgehead atoms. The van der Waals surface area contributed by atoms with Crippen molar-refractivity contribution < 1.29 is 5.11 Å². The second-order valence-corrected chi connectivity index (χ2v) is 5.55. The van der Waals surface area contributed by atoms with Crippen molar-refractivity contribution in [3.63, 3.8) is 0 Å². The van der Waals surface area contributed by atoms with Crippen LogP contribution in [-0.4, -0.2) is 5.11 Å². The summed E-state index contributed by atoms with van der Waals surface area (Å²) in [6, 6.07) is 23.9. The molecule has 0 unspecified atom stereocenters. The minimum absolute atomic E-state index is 0.291. The van der Waals surface area contributed by atoms with Gasteiger partial charge in [-0.1, -0.05) is 64.5 Å². The van der Waals surface area contributed by atoms with Gasteiger partial charge >= 0.3 is 0 Å². The van der Waals surface area contributed by atoms with Gasteiger partial charge in [0.2, 0.25) is 0 Å². The molecule has 0 heterocycles. The number of hydrogen-bond donors (Lipinski definition) is 1. The summed E-state index contributed by atoms with van der Waals surface area (Å²) in [6.07, 6.45) is 0. The fourth-order valence-corrected chi connectivity index (χ4v) is 2.45. The highest BCUT2D eigenvalue weighted by Gasteiger charge is 2.01. The van der Waals surface area contributed by atoms with E-state index in [-0.39, 0.29) is 0 Å². The first-order valence-electron chi connectivity index (χ1n) is 6.38. The van der Waals surface area contributed by atoms with Gasteiger partial charge in [-0.25, -0.2) is 0 Å². The van der Waals surface area contributed by atoms with Crippen LogP contribution in [0.4, 0.5) is 0 Å². The average Bonchev–Trinajstić information content (AvgIpc) is 2.48. The number of benzene rings is 3. The third kappa shape index (κ3) is 2.75. The summed E-state index contributed by atoms with van der Waals surface area (Å²) in [4.78, 5) is 0. The molecule has 0 amide bonds. The Labute approximate surface area is 126 Å². The zero-order valence-corrected chi connectivity index (χ0v) is 12.3. The Balaban J connectivity index is 1.93. The Morgan fingerprint density at radius 3 is 1.65 bits per heavy atom. The molecule has 0 aliphatic heterocycles. The van der Waals surface area contributed by atoms with E-state index in [0.717, 1.165) is 15.6 Å². The van der Waals surface area contributed by atoms with Crippen LogP contribution in [0.25, 0.3) is 22.3 Å². The summed E-state index contributed by atoms with van der Waals surface area (Å²) >= 11 is 3.44. The highest BCUT2D eigenvalue weighted by atomic mass is 79.9. The normalized spacial score (nSPS) is 10.4. The summed E-state index contributed by atoms with van der Waals surface area (Å²) in [7, 11) is 0. The van der Waals surface area contributed by atoms with Gasteiger partial charge in [0, 0.05) is 4.47 Å². The zero-order valence-electron chi connectivity index (χ0n) is 10.8. The van der Waals surface area contributed by atoms with E-state index in [2.05, 4.69) is 52.3 Å². The van der Waals surface area contributed by atoms with Crippen LogP contribution in [0.15, 0.2) is 77.3 Å². The van der Waals surface area contributed by atoms with E-state index < -0.39 is 0 Å². The van der Waals surface area contributed by atoms with E-state index in [1.54, 1.807) is 12.1 Å². The van der Waals surface area contributed by atoms with Gasteiger partial charge in [0.15, 0.2) is 0 Å². The monoisotopic (exact) mass is 324 g/mol. The summed E-state index contributed by atoms with van der Waals surface area (Å²) in [6.45, 7) is 0. The Kier molecular flexibility index (Phi) is 3.57. The first-order chi connectivity index (χ1) is 9.72. The number of phenols is 1. The molecule has 1 N–H and O–H groups in total. The maximum atomic E-state index is 9.53. The van der Waals surface area contributed by atoms with Crippen LogP contribution < -0.4 is 0 Å². The molecular weight excluding hydrogens is 312 g/mol. The van der Waals surface area contributed by atoms with E-state index in [0.29, 0.717) is 5.75 Å². The number of aromatic hydroxyl groups is 1. The Morgan fingerprint density at radius 1 is 0.600 bits per heavy atom. The van der Waals surface area contributed by atoms with Gasteiger partial charge in [-0.05, 0) is 46.5 Å². The van der Waals surface area contributed by atoms with Crippen LogP contribution in [0.2, 0.25) is 0 Å².